The van der Waals surface area contributed by atoms with Gasteiger partial charge in [-0.05, 0) is 61.5 Å². The molecule has 1 aliphatic heterocycles. The average Bonchev–Trinajstić information content (AvgIpc) is 3.59. The summed E-state index contributed by atoms with van der Waals surface area (Å²) in [6.45, 7) is 0. The summed E-state index contributed by atoms with van der Waals surface area (Å²) in [6.07, 6.45) is 6.49. The number of hydrogen-bond donors (Lipinski definition) is 1. The highest BCUT2D eigenvalue weighted by atomic mass is 32.1. The number of thiocarbonyl (C=S) groups is 1. The zero-order valence-corrected chi connectivity index (χ0v) is 18.7. The van der Waals surface area contributed by atoms with Crippen molar-refractivity contribution in [3.05, 3.63) is 77.8 Å². The smallest absolute Gasteiger partial charge is 0.337 e. The van der Waals surface area contributed by atoms with Gasteiger partial charge < -0.3 is 19.4 Å². The molecule has 3 aromatic rings. The van der Waals surface area contributed by atoms with Crippen molar-refractivity contribution in [1.82, 2.24) is 15.2 Å². The van der Waals surface area contributed by atoms with Crippen LogP contribution in [-0.4, -0.2) is 34.1 Å². The Bertz CT molecular complexity index is 1120. The molecule has 164 valence electrons. The topological polar surface area (TPSA) is 67.6 Å². The van der Waals surface area contributed by atoms with Crippen LogP contribution in [0.1, 0.15) is 59.6 Å². The van der Waals surface area contributed by atoms with Crippen LogP contribution in [0.2, 0.25) is 0 Å². The number of carbonyl (C=O) groups excluding carboxylic acids is 1. The highest BCUT2D eigenvalue weighted by Gasteiger charge is 2.45. The van der Waals surface area contributed by atoms with E-state index < -0.39 is 0 Å². The molecule has 1 aliphatic carbocycles. The van der Waals surface area contributed by atoms with Crippen LogP contribution in [0.3, 0.4) is 0 Å². The fourth-order valence-corrected chi connectivity index (χ4v) is 5.22. The fraction of sp³-hybridized carbons (Fsp3) is 0.320. The Morgan fingerprint density at radius 3 is 2.75 bits per heavy atom. The van der Waals surface area contributed by atoms with Gasteiger partial charge in [0, 0.05) is 17.8 Å². The SMILES string of the molecule is COC(=O)c1cccc(-c2ccc([C@@H]3[C@@H](c4ccccn4)NC(=S)N3C3CCCC3)o2)c1. The van der Waals surface area contributed by atoms with Crippen molar-refractivity contribution in [3.63, 3.8) is 0 Å². The number of hydrogen-bond acceptors (Lipinski definition) is 5. The molecule has 2 aliphatic rings. The number of aromatic nitrogens is 1. The second-order valence-electron chi connectivity index (χ2n) is 8.25. The molecule has 32 heavy (non-hydrogen) atoms. The van der Waals surface area contributed by atoms with E-state index in [0.29, 0.717) is 17.4 Å². The molecule has 2 atom stereocenters. The predicted octanol–water partition coefficient (Wildman–Crippen LogP) is 5.04. The summed E-state index contributed by atoms with van der Waals surface area (Å²) < 4.78 is 11.2. The molecule has 0 amide bonds. The largest absolute Gasteiger partial charge is 0.465 e. The first-order chi connectivity index (χ1) is 15.7. The van der Waals surface area contributed by atoms with Gasteiger partial charge in [-0.15, -0.1) is 0 Å². The number of pyridine rings is 1. The number of esters is 1. The van der Waals surface area contributed by atoms with Crippen LogP contribution in [0.5, 0.6) is 0 Å². The number of rotatable bonds is 5. The van der Waals surface area contributed by atoms with Gasteiger partial charge in [0.2, 0.25) is 0 Å². The van der Waals surface area contributed by atoms with Crippen LogP contribution in [0, 0.1) is 0 Å². The van der Waals surface area contributed by atoms with Crippen molar-refractivity contribution in [2.75, 3.05) is 7.11 Å². The molecular formula is C25H25N3O3S. The fourth-order valence-electron chi connectivity index (χ4n) is 4.83. The number of ether oxygens (including phenoxy) is 1. The molecule has 0 bridgehead atoms. The van der Waals surface area contributed by atoms with Gasteiger partial charge in [-0.3, -0.25) is 4.98 Å². The summed E-state index contributed by atoms with van der Waals surface area (Å²) in [7, 11) is 1.38. The zero-order chi connectivity index (χ0) is 22.1. The minimum absolute atomic E-state index is 0.0851. The van der Waals surface area contributed by atoms with Crippen LogP contribution in [0.4, 0.5) is 0 Å². The molecule has 1 N–H and O–H groups in total. The Morgan fingerprint density at radius 2 is 2.00 bits per heavy atom. The third kappa shape index (κ3) is 3.77. The van der Waals surface area contributed by atoms with E-state index in [1.807, 2.05) is 42.5 Å². The first-order valence-electron chi connectivity index (χ1n) is 10.9. The van der Waals surface area contributed by atoms with Crippen LogP contribution in [-0.2, 0) is 4.74 Å². The van der Waals surface area contributed by atoms with Crippen LogP contribution in [0.25, 0.3) is 11.3 Å². The lowest BCUT2D eigenvalue weighted by Crippen LogP contribution is -2.37. The zero-order valence-electron chi connectivity index (χ0n) is 17.9. The predicted molar refractivity (Wildman–Crippen MR) is 125 cm³/mol. The van der Waals surface area contributed by atoms with Crippen molar-refractivity contribution in [2.24, 2.45) is 0 Å². The number of nitrogens with zero attached hydrogens (tertiary/aromatic N) is 2. The van der Waals surface area contributed by atoms with E-state index in [1.54, 1.807) is 18.3 Å². The molecule has 5 rings (SSSR count). The van der Waals surface area contributed by atoms with Gasteiger partial charge in [0.15, 0.2) is 5.11 Å². The number of benzene rings is 1. The number of methoxy groups -OCH3 is 1. The van der Waals surface area contributed by atoms with Crippen LogP contribution >= 0.6 is 12.2 Å². The summed E-state index contributed by atoms with van der Waals surface area (Å²) in [5.74, 6) is 1.17. The number of nitrogens with one attached hydrogen (secondary N) is 1. The maximum absolute atomic E-state index is 11.9. The first kappa shape index (κ1) is 20.7. The molecule has 1 saturated heterocycles. The second kappa shape index (κ2) is 8.74. The lowest BCUT2D eigenvalue weighted by Gasteiger charge is -2.31. The normalized spacial score (nSPS) is 21.0. The van der Waals surface area contributed by atoms with Gasteiger partial charge in [-0.2, -0.15) is 0 Å². The van der Waals surface area contributed by atoms with E-state index in [-0.39, 0.29) is 18.1 Å². The van der Waals surface area contributed by atoms with Gasteiger partial charge in [-0.1, -0.05) is 31.0 Å². The molecule has 0 radical (unpaired) electrons. The first-order valence-corrected chi connectivity index (χ1v) is 11.3. The maximum atomic E-state index is 11.9. The van der Waals surface area contributed by atoms with Gasteiger partial charge in [0.1, 0.15) is 17.6 Å². The molecule has 1 aromatic carbocycles. The Balaban J connectivity index is 1.52. The monoisotopic (exact) mass is 447 g/mol. The Labute approximate surface area is 192 Å². The average molecular weight is 448 g/mol. The minimum Gasteiger partial charge on any atom is -0.465 e. The van der Waals surface area contributed by atoms with E-state index in [1.165, 1.54) is 20.0 Å². The maximum Gasteiger partial charge on any atom is 0.337 e. The summed E-state index contributed by atoms with van der Waals surface area (Å²) in [4.78, 5) is 18.9. The molecule has 1 saturated carbocycles. The van der Waals surface area contributed by atoms with Gasteiger partial charge in [-0.25, -0.2) is 4.79 Å². The Kier molecular flexibility index (Phi) is 5.66. The highest BCUT2D eigenvalue weighted by Crippen LogP contribution is 2.44. The second-order valence-corrected chi connectivity index (χ2v) is 8.63. The summed E-state index contributed by atoms with van der Waals surface area (Å²) in [5.41, 5.74) is 2.26. The number of carbonyl (C=O) groups is 1. The molecule has 0 unspecified atom stereocenters. The minimum atomic E-state index is -0.369. The van der Waals surface area contributed by atoms with Gasteiger partial charge in [0.05, 0.1) is 24.4 Å². The van der Waals surface area contributed by atoms with Gasteiger partial charge in [0.25, 0.3) is 0 Å². The summed E-state index contributed by atoms with van der Waals surface area (Å²) in [5, 5.41) is 4.25. The van der Waals surface area contributed by atoms with E-state index >= 15 is 0 Å². The lowest BCUT2D eigenvalue weighted by atomic mass is 10.0. The standard InChI is InChI=1S/C25H25N3O3S/c1-30-24(29)17-8-6-7-16(15-17)20-12-13-21(31-20)23-22(19-11-4-5-14-26-19)27-25(32)28(23)18-9-2-3-10-18/h4-8,11-15,18,22-23H,2-3,9-10H2,1H3,(H,27,32)/t22-,23-/m1/s1. The third-order valence-corrected chi connectivity index (χ3v) is 6.67. The molecule has 2 fully saturated rings. The van der Waals surface area contributed by atoms with Crippen molar-refractivity contribution in [2.45, 2.75) is 43.8 Å². The highest BCUT2D eigenvalue weighted by molar-refractivity contribution is 7.80. The van der Waals surface area contributed by atoms with Gasteiger partial charge >= 0.3 is 5.97 Å². The van der Waals surface area contributed by atoms with E-state index in [9.17, 15) is 4.79 Å². The van der Waals surface area contributed by atoms with E-state index in [4.69, 9.17) is 21.4 Å². The molecule has 6 nitrogen and oxygen atoms in total. The van der Waals surface area contributed by atoms with Crippen LogP contribution in [0.15, 0.2) is 65.2 Å². The third-order valence-electron chi connectivity index (χ3n) is 6.34. The molecular weight excluding hydrogens is 422 g/mol. The van der Waals surface area contributed by atoms with E-state index in [0.717, 1.165) is 35.0 Å². The van der Waals surface area contributed by atoms with Crippen molar-refractivity contribution in [3.8, 4) is 11.3 Å². The Morgan fingerprint density at radius 1 is 1.16 bits per heavy atom. The van der Waals surface area contributed by atoms with Crippen molar-refractivity contribution >= 4 is 23.3 Å². The molecule has 7 heteroatoms. The molecule has 0 spiro atoms. The summed E-state index contributed by atoms with van der Waals surface area (Å²) in [6, 6.07) is 17.4. The van der Waals surface area contributed by atoms with E-state index in [2.05, 4.69) is 15.2 Å². The number of furan rings is 1. The molecule has 2 aromatic heterocycles. The summed E-state index contributed by atoms with van der Waals surface area (Å²) >= 11 is 5.78. The molecule has 3 heterocycles. The quantitative estimate of drug-likeness (QED) is 0.434. The lowest BCUT2D eigenvalue weighted by molar-refractivity contribution is 0.0601. The van der Waals surface area contributed by atoms with Crippen molar-refractivity contribution in [1.29, 1.82) is 0 Å². The van der Waals surface area contributed by atoms with Crippen LogP contribution < -0.4 is 5.32 Å². The van der Waals surface area contributed by atoms with Crippen molar-refractivity contribution < 1.29 is 13.9 Å². The Hall–Kier alpha value is -3.19.